The van der Waals surface area contributed by atoms with E-state index in [2.05, 4.69) is 61.7 Å². The predicted molar refractivity (Wildman–Crippen MR) is 123 cm³/mol. The van der Waals surface area contributed by atoms with Crippen LogP contribution in [0.3, 0.4) is 0 Å². The minimum Gasteiger partial charge on any atom is -0.369 e. The van der Waals surface area contributed by atoms with Crippen molar-refractivity contribution in [1.82, 2.24) is 20.1 Å². The summed E-state index contributed by atoms with van der Waals surface area (Å²) in [5.74, 6) is 0.321. The summed E-state index contributed by atoms with van der Waals surface area (Å²) in [5, 5.41) is 6.49. The molecule has 4 rings (SSSR count). The standard InChI is InChI=1S/C23H33N5OS/c1-18-25-21(17-30-18)16-27-9-7-19(8-10-27)23(29)24-15-20-5-3-4-6-22(20)28-13-11-26(2)12-14-28/h3-6,17,19H,7-16H2,1-2H3,(H,24,29). The van der Waals surface area contributed by atoms with E-state index in [0.29, 0.717) is 6.54 Å². The molecular formula is C23H33N5OS. The highest BCUT2D eigenvalue weighted by atomic mass is 32.1. The summed E-state index contributed by atoms with van der Waals surface area (Å²) in [7, 11) is 2.17. The third-order valence-electron chi connectivity index (χ3n) is 6.30. The first kappa shape index (κ1) is 21.3. The average Bonchev–Trinajstić information content (AvgIpc) is 3.18. The first-order valence-electron chi connectivity index (χ1n) is 11.0. The van der Waals surface area contributed by atoms with Gasteiger partial charge in [0.1, 0.15) is 0 Å². The van der Waals surface area contributed by atoms with Crippen LogP contribution in [-0.4, -0.2) is 67.0 Å². The maximum Gasteiger partial charge on any atom is 0.223 e. The molecule has 3 heterocycles. The fourth-order valence-electron chi connectivity index (χ4n) is 4.41. The SMILES string of the molecule is Cc1nc(CN2CCC(C(=O)NCc3ccccc3N3CCN(C)CC3)CC2)cs1. The number of benzene rings is 1. The van der Waals surface area contributed by atoms with Gasteiger partial charge in [-0.15, -0.1) is 11.3 Å². The smallest absolute Gasteiger partial charge is 0.223 e. The molecule has 2 saturated heterocycles. The van der Waals surface area contributed by atoms with E-state index in [0.717, 1.165) is 69.4 Å². The molecule has 162 valence electrons. The van der Waals surface area contributed by atoms with E-state index in [1.54, 1.807) is 11.3 Å². The summed E-state index contributed by atoms with van der Waals surface area (Å²) >= 11 is 1.71. The van der Waals surface area contributed by atoms with E-state index in [1.807, 2.05) is 6.92 Å². The molecule has 6 nitrogen and oxygen atoms in total. The van der Waals surface area contributed by atoms with Crippen molar-refractivity contribution in [3.63, 3.8) is 0 Å². The summed E-state index contributed by atoms with van der Waals surface area (Å²) in [6.07, 6.45) is 1.85. The van der Waals surface area contributed by atoms with Crippen molar-refractivity contribution in [3.05, 3.63) is 45.9 Å². The fourth-order valence-corrected chi connectivity index (χ4v) is 5.01. The molecule has 7 heteroatoms. The molecule has 0 bridgehead atoms. The number of hydrogen-bond donors (Lipinski definition) is 1. The number of thiazole rings is 1. The highest BCUT2D eigenvalue weighted by Gasteiger charge is 2.25. The Morgan fingerprint density at radius 3 is 2.57 bits per heavy atom. The molecule has 30 heavy (non-hydrogen) atoms. The van der Waals surface area contributed by atoms with Crippen LogP contribution in [0.4, 0.5) is 5.69 Å². The molecule has 1 aromatic heterocycles. The monoisotopic (exact) mass is 427 g/mol. The summed E-state index contributed by atoms with van der Waals surface area (Å²) in [5.41, 5.74) is 3.63. The zero-order chi connectivity index (χ0) is 20.9. The lowest BCUT2D eigenvalue weighted by Gasteiger charge is -2.35. The Hall–Kier alpha value is -1.96. The van der Waals surface area contributed by atoms with Gasteiger partial charge < -0.3 is 15.1 Å². The van der Waals surface area contributed by atoms with E-state index in [9.17, 15) is 4.79 Å². The topological polar surface area (TPSA) is 51.7 Å². The maximum atomic E-state index is 12.8. The maximum absolute atomic E-state index is 12.8. The Balaban J connectivity index is 1.26. The highest BCUT2D eigenvalue weighted by Crippen LogP contribution is 2.23. The van der Waals surface area contributed by atoms with Gasteiger partial charge >= 0.3 is 0 Å². The van der Waals surface area contributed by atoms with Crippen molar-refractivity contribution < 1.29 is 4.79 Å². The van der Waals surface area contributed by atoms with Crippen molar-refractivity contribution in [2.24, 2.45) is 5.92 Å². The number of piperazine rings is 1. The van der Waals surface area contributed by atoms with Crippen LogP contribution >= 0.6 is 11.3 Å². The van der Waals surface area contributed by atoms with Gasteiger partial charge in [0.05, 0.1) is 10.7 Å². The van der Waals surface area contributed by atoms with Crippen molar-refractivity contribution in [2.45, 2.75) is 32.9 Å². The number of anilines is 1. The first-order chi connectivity index (χ1) is 14.6. The van der Waals surface area contributed by atoms with Gasteiger partial charge in [-0.2, -0.15) is 0 Å². The number of carbonyl (C=O) groups excluding carboxylic acids is 1. The Morgan fingerprint density at radius 2 is 1.87 bits per heavy atom. The van der Waals surface area contributed by atoms with Gasteiger partial charge in [0.2, 0.25) is 5.91 Å². The molecule has 2 aliphatic heterocycles. The van der Waals surface area contributed by atoms with Gasteiger partial charge in [0, 0.05) is 56.3 Å². The molecule has 2 fully saturated rings. The van der Waals surface area contributed by atoms with Crippen molar-refractivity contribution in [3.8, 4) is 0 Å². The van der Waals surface area contributed by atoms with E-state index in [-0.39, 0.29) is 11.8 Å². The molecule has 1 N–H and O–H groups in total. The van der Waals surface area contributed by atoms with Gasteiger partial charge in [-0.1, -0.05) is 18.2 Å². The van der Waals surface area contributed by atoms with Crippen LogP contribution in [-0.2, 0) is 17.9 Å². The van der Waals surface area contributed by atoms with Gasteiger partial charge in [-0.3, -0.25) is 9.69 Å². The quantitative estimate of drug-likeness (QED) is 0.768. The molecule has 2 aliphatic rings. The number of aryl methyl sites for hydroxylation is 1. The Kier molecular flexibility index (Phi) is 7.02. The Bertz CT molecular complexity index is 838. The number of amides is 1. The zero-order valence-electron chi connectivity index (χ0n) is 18.1. The summed E-state index contributed by atoms with van der Waals surface area (Å²) < 4.78 is 0. The minimum atomic E-state index is 0.120. The van der Waals surface area contributed by atoms with Crippen molar-refractivity contribution in [2.75, 3.05) is 51.2 Å². The summed E-state index contributed by atoms with van der Waals surface area (Å²) in [6, 6.07) is 8.50. The Labute approximate surface area is 183 Å². The van der Waals surface area contributed by atoms with Crippen LogP contribution in [0.2, 0.25) is 0 Å². The van der Waals surface area contributed by atoms with Crippen LogP contribution in [0.25, 0.3) is 0 Å². The lowest BCUT2D eigenvalue weighted by atomic mass is 9.95. The Morgan fingerprint density at radius 1 is 1.13 bits per heavy atom. The molecular weight excluding hydrogens is 394 g/mol. The van der Waals surface area contributed by atoms with Crippen LogP contribution in [0.15, 0.2) is 29.6 Å². The largest absolute Gasteiger partial charge is 0.369 e. The number of para-hydroxylation sites is 1. The molecule has 0 atom stereocenters. The number of carbonyl (C=O) groups is 1. The second kappa shape index (κ2) is 9.90. The molecule has 0 unspecified atom stereocenters. The fraction of sp³-hybridized carbons (Fsp3) is 0.565. The van der Waals surface area contributed by atoms with Crippen molar-refractivity contribution >= 4 is 22.9 Å². The van der Waals surface area contributed by atoms with Crippen LogP contribution < -0.4 is 10.2 Å². The number of rotatable bonds is 6. The molecule has 0 saturated carbocycles. The molecule has 2 aromatic rings. The lowest BCUT2D eigenvalue weighted by Crippen LogP contribution is -2.45. The van der Waals surface area contributed by atoms with Gasteiger partial charge in [0.25, 0.3) is 0 Å². The third-order valence-corrected chi connectivity index (χ3v) is 7.12. The molecule has 0 spiro atoms. The normalized spacial score (nSPS) is 19.2. The number of nitrogens with zero attached hydrogens (tertiary/aromatic N) is 4. The number of aromatic nitrogens is 1. The lowest BCUT2D eigenvalue weighted by molar-refractivity contribution is -0.126. The molecule has 0 aliphatic carbocycles. The number of likely N-dealkylation sites (N-methyl/N-ethyl adjacent to an activating group) is 1. The van der Waals surface area contributed by atoms with E-state index < -0.39 is 0 Å². The predicted octanol–water partition coefficient (Wildman–Crippen LogP) is 2.73. The van der Waals surface area contributed by atoms with E-state index in [4.69, 9.17) is 0 Å². The first-order valence-corrected chi connectivity index (χ1v) is 11.9. The highest BCUT2D eigenvalue weighted by molar-refractivity contribution is 7.09. The van der Waals surface area contributed by atoms with Crippen LogP contribution in [0.1, 0.15) is 29.1 Å². The molecule has 1 amide bonds. The number of hydrogen-bond acceptors (Lipinski definition) is 6. The minimum absolute atomic E-state index is 0.120. The van der Waals surface area contributed by atoms with E-state index in [1.165, 1.54) is 11.3 Å². The van der Waals surface area contributed by atoms with Gasteiger partial charge in [-0.25, -0.2) is 4.98 Å². The second-order valence-corrected chi connectivity index (χ2v) is 9.61. The number of piperidine rings is 1. The third kappa shape index (κ3) is 5.39. The van der Waals surface area contributed by atoms with Gasteiger partial charge in [0.15, 0.2) is 0 Å². The zero-order valence-corrected chi connectivity index (χ0v) is 19.0. The number of nitrogens with one attached hydrogen (secondary N) is 1. The summed E-state index contributed by atoms with van der Waals surface area (Å²) in [6.45, 7) is 9.73. The van der Waals surface area contributed by atoms with Crippen LogP contribution in [0.5, 0.6) is 0 Å². The number of likely N-dealkylation sites (tertiary alicyclic amines) is 1. The molecule has 1 aromatic carbocycles. The molecule has 0 radical (unpaired) electrons. The van der Waals surface area contributed by atoms with Crippen LogP contribution in [0, 0.1) is 12.8 Å². The van der Waals surface area contributed by atoms with Crippen molar-refractivity contribution in [1.29, 1.82) is 0 Å². The van der Waals surface area contributed by atoms with Gasteiger partial charge in [-0.05, 0) is 51.5 Å². The second-order valence-electron chi connectivity index (χ2n) is 8.55. The summed E-state index contributed by atoms with van der Waals surface area (Å²) in [4.78, 5) is 24.6. The average molecular weight is 428 g/mol. The van der Waals surface area contributed by atoms with E-state index >= 15 is 0 Å².